The van der Waals surface area contributed by atoms with E-state index < -0.39 is 0 Å². The number of carbonyl (C=O) groups excluding carboxylic acids is 1. The van der Waals surface area contributed by atoms with Crippen LogP contribution in [0.2, 0.25) is 0 Å². The highest BCUT2D eigenvalue weighted by molar-refractivity contribution is 5.95. The van der Waals surface area contributed by atoms with Gasteiger partial charge < -0.3 is 9.88 Å². The van der Waals surface area contributed by atoms with E-state index in [2.05, 4.69) is 19.9 Å². The molecule has 128 valence electrons. The Morgan fingerprint density at radius 2 is 2.04 bits per heavy atom. The third-order valence-electron chi connectivity index (χ3n) is 4.32. The quantitative estimate of drug-likeness (QED) is 0.793. The van der Waals surface area contributed by atoms with Gasteiger partial charge >= 0.3 is 0 Å². The lowest BCUT2D eigenvalue weighted by molar-refractivity contribution is 0.0739. The molecule has 6 nitrogen and oxygen atoms in total. The molecule has 6 heteroatoms. The highest BCUT2D eigenvalue weighted by Crippen LogP contribution is 2.24. The summed E-state index contributed by atoms with van der Waals surface area (Å²) in [6.07, 6.45) is 3.17. The molecule has 2 heterocycles. The van der Waals surface area contributed by atoms with Gasteiger partial charge in [0.2, 0.25) is 0 Å². The summed E-state index contributed by atoms with van der Waals surface area (Å²) in [6, 6.07) is 9.23. The maximum Gasteiger partial charge on any atom is 0.254 e. The van der Waals surface area contributed by atoms with E-state index in [0.717, 1.165) is 28.5 Å². The van der Waals surface area contributed by atoms with Crippen molar-refractivity contribution in [3.05, 3.63) is 65.6 Å². The number of carbonyl (C=O) groups is 1. The highest BCUT2D eigenvalue weighted by Gasteiger charge is 2.20. The molecule has 0 fully saturated rings. The Morgan fingerprint density at radius 3 is 2.68 bits per heavy atom. The Balaban J connectivity index is 1.87. The molecule has 1 N–H and O–H groups in total. The summed E-state index contributed by atoms with van der Waals surface area (Å²) >= 11 is 0. The van der Waals surface area contributed by atoms with Crippen molar-refractivity contribution in [2.24, 2.45) is 0 Å². The van der Waals surface area contributed by atoms with Crippen molar-refractivity contribution >= 4 is 5.91 Å². The predicted molar refractivity (Wildman–Crippen MR) is 96.0 cm³/mol. The molecule has 0 aliphatic carbocycles. The van der Waals surface area contributed by atoms with Gasteiger partial charge in [-0.05, 0) is 39.0 Å². The lowest BCUT2D eigenvalue weighted by Crippen LogP contribution is -2.30. The zero-order chi connectivity index (χ0) is 18.0. The normalized spacial score (nSPS) is 12.0. The molecule has 1 amide bonds. The van der Waals surface area contributed by atoms with Crippen molar-refractivity contribution in [2.75, 3.05) is 7.05 Å². The Kier molecular flexibility index (Phi) is 4.61. The van der Waals surface area contributed by atoms with Gasteiger partial charge in [-0.3, -0.25) is 4.79 Å². The first-order valence-electron chi connectivity index (χ1n) is 8.14. The van der Waals surface area contributed by atoms with E-state index in [9.17, 15) is 4.79 Å². The molecule has 2 aromatic heterocycles. The van der Waals surface area contributed by atoms with Crippen LogP contribution in [0, 0.1) is 13.8 Å². The Morgan fingerprint density at radius 1 is 1.24 bits per heavy atom. The zero-order valence-corrected chi connectivity index (χ0v) is 14.8. The molecule has 0 bridgehead atoms. The molecule has 1 atom stereocenters. The minimum atomic E-state index is -0.145. The highest BCUT2D eigenvalue weighted by atomic mass is 16.2. The number of hydrogen-bond acceptors (Lipinski definition) is 4. The molecule has 3 aromatic rings. The number of aryl methyl sites for hydroxylation is 2. The lowest BCUT2D eigenvalue weighted by atomic mass is 10.1. The van der Waals surface area contributed by atoms with Gasteiger partial charge in [0, 0.05) is 30.1 Å². The van der Waals surface area contributed by atoms with Gasteiger partial charge in [-0.15, -0.1) is 0 Å². The van der Waals surface area contributed by atoms with Crippen LogP contribution in [0.5, 0.6) is 0 Å². The smallest absolute Gasteiger partial charge is 0.254 e. The van der Waals surface area contributed by atoms with Crippen molar-refractivity contribution in [1.29, 1.82) is 0 Å². The fourth-order valence-electron chi connectivity index (χ4n) is 2.82. The van der Waals surface area contributed by atoms with Gasteiger partial charge in [0.05, 0.1) is 17.4 Å². The van der Waals surface area contributed by atoms with E-state index >= 15 is 0 Å². The van der Waals surface area contributed by atoms with Gasteiger partial charge in [-0.1, -0.05) is 12.1 Å². The summed E-state index contributed by atoms with van der Waals surface area (Å²) in [5, 5.41) is 0. The molecule has 25 heavy (non-hydrogen) atoms. The van der Waals surface area contributed by atoms with Crippen LogP contribution in [0.4, 0.5) is 0 Å². The van der Waals surface area contributed by atoms with Crippen LogP contribution in [0.15, 0.2) is 42.9 Å². The first-order chi connectivity index (χ1) is 12.0. The number of amides is 1. The number of aromatic amines is 1. The summed E-state index contributed by atoms with van der Waals surface area (Å²) in [5.74, 6) is 0.802. The molecular formula is C19H21N5O. The molecule has 0 saturated carbocycles. The molecule has 1 aromatic carbocycles. The minimum absolute atomic E-state index is 0.0575. The predicted octanol–water partition coefficient (Wildman–Crippen LogP) is 3.32. The van der Waals surface area contributed by atoms with E-state index in [0.29, 0.717) is 5.56 Å². The zero-order valence-electron chi connectivity index (χ0n) is 14.8. The summed E-state index contributed by atoms with van der Waals surface area (Å²) in [5.41, 5.74) is 4.22. The number of imidazole rings is 1. The molecule has 0 aliphatic heterocycles. The van der Waals surface area contributed by atoms with Gasteiger partial charge in [-0.25, -0.2) is 15.0 Å². The molecule has 0 radical (unpaired) electrons. The molecule has 0 aliphatic rings. The summed E-state index contributed by atoms with van der Waals surface area (Å²) in [6.45, 7) is 5.85. The molecular weight excluding hydrogens is 314 g/mol. The number of aromatic nitrogens is 4. The maximum atomic E-state index is 12.9. The van der Waals surface area contributed by atoms with E-state index in [-0.39, 0.29) is 11.9 Å². The largest absolute Gasteiger partial charge is 0.346 e. The SMILES string of the molecule is Cc1nc(-c2cccc(C(=O)N(C)C(C)c3ccncn3)c2)c(C)[nH]1. The molecule has 3 rings (SSSR count). The van der Waals surface area contributed by atoms with Crippen LogP contribution in [-0.2, 0) is 0 Å². The van der Waals surface area contributed by atoms with Crippen LogP contribution < -0.4 is 0 Å². The number of nitrogens with zero attached hydrogens (tertiary/aromatic N) is 4. The first-order valence-corrected chi connectivity index (χ1v) is 8.14. The van der Waals surface area contributed by atoms with Crippen molar-refractivity contribution < 1.29 is 4.79 Å². The van der Waals surface area contributed by atoms with Gasteiger partial charge in [0.25, 0.3) is 5.91 Å². The summed E-state index contributed by atoms with van der Waals surface area (Å²) < 4.78 is 0. The number of H-pyrrole nitrogens is 1. The Labute approximate surface area is 147 Å². The van der Waals surface area contributed by atoms with E-state index in [1.165, 1.54) is 6.33 Å². The number of benzene rings is 1. The van der Waals surface area contributed by atoms with Crippen molar-refractivity contribution in [3.8, 4) is 11.3 Å². The Hall–Kier alpha value is -3.02. The van der Waals surface area contributed by atoms with E-state index in [1.807, 2.05) is 51.1 Å². The average molecular weight is 335 g/mol. The topological polar surface area (TPSA) is 74.8 Å². The van der Waals surface area contributed by atoms with Crippen LogP contribution in [0.3, 0.4) is 0 Å². The first kappa shape index (κ1) is 16.8. The monoisotopic (exact) mass is 335 g/mol. The second-order valence-corrected chi connectivity index (χ2v) is 6.10. The lowest BCUT2D eigenvalue weighted by Gasteiger charge is -2.24. The van der Waals surface area contributed by atoms with Crippen molar-refractivity contribution in [2.45, 2.75) is 26.8 Å². The van der Waals surface area contributed by atoms with Gasteiger partial charge in [0.15, 0.2) is 0 Å². The minimum Gasteiger partial charge on any atom is -0.346 e. The van der Waals surface area contributed by atoms with Crippen molar-refractivity contribution in [3.63, 3.8) is 0 Å². The fourth-order valence-corrected chi connectivity index (χ4v) is 2.82. The van der Waals surface area contributed by atoms with E-state index in [4.69, 9.17) is 0 Å². The van der Waals surface area contributed by atoms with E-state index in [1.54, 1.807) is 18.1 Å². The number of hydrogen-bond donors (Lipinski definition) is 1. The van der Waals surface area contributed by atoms with Crippen LogP contribution in [0.25, 0.3) is 11.3 Å². The standard InChI is InChI=1S/C19H21N5O/c1-12-18(23-14(3)22-12)15-6-5-7-16(10-15)19(25)24(4)13(2)17-8-9-20-11-21-17/h5-11,13H,1-4H3,(H,22,23). The summed E-state index contributed by atoms with van der Waals surface area (Å²) in [4.78, 5) is 30.4. The fraction of sp³-hybridized carbons (Fsp3) is 0.263. The van der Waals surface area contributed by atoms with Gasteiger partial charge in [-0.2, -0.15) is 0 Å². The van der Waals surface area contributed by atoms with Crippen molar-refractivity contribution in [1.82, 2.24) is 24.8 Å². The number of nitrogens with one attached hydrogen (secondary N) is 1. The molecule has 0 spiro atoms. The third-order valence-corrected chi connectivity index (χ3v) is 4.32. The van der Waals surface area contributed by atoms with Gasteiger partial charge in [0.1, 0.15) is 12.2 Å². The third kappa shape index (κ3) is 3.42. The number of rotatable bonds is 4. The van der Waals surface area contributed by atoms with Crippen LogP contribution in [0.1, 0.15) is 40.5 Å². The molecule has 1 unspecified atom stereocenters. The van der Waals surface area contributed by atoms with Crippen LogP contribution >= 0.6 is 0 Å². The molecule has 0 saturated heterocycles. The maximum absolute atomic E-state index is 12.9. The summed E-state index contributed by atoms with van der Waals surface area (Å²) in [7, 11) is 1.78. The average Bonchev–Trinajstić information content (AvgIpc) is 2.99. The second kappa shape index (κ2) is 6.84. The second-order valence-electron chi connectivity index (χ2n) is 6.10. The van der Waals surface area contributed by atoms with Crippen LogP contribution in [-0.4, -0.2) is 37.8 Å². The Bertz CT molecular complexity index is 888.